The zero-order chi connectivity index (χ0) is 22.4. The number of carbonyl (C=O) groups excluding carboxylic acids is 2. The normalized spacial score (nSPS) is 14.0. The fourth-order valence-electron chi connectivity index (χ4n) is 3.50. The van der Waals surface area contributed by atoms with Crippen molar-refractivity contribution in [3.05, 3.63) is 53.1 Å². The monoisotopic (exact) mass is 443 g/mol. The molecule has 1 aliphatic rings. The summed E-state index contributed by atoms with van der Waals surface area (Å²) in [6, 6.07) is 13.1. The second-order valence-corrected chi connectivity index (χ2v) is 8.67. The Morgan fingerprint density at radius 2 is 1.74 bits per heavy atom. The lowest BCUT2D eigenvalue weighted by molar-refractivity contribution is -0.132. The first-order valence-corrected chi connectivity index (χ1v) is 11.0. The predicted octanol–water partition coefficient (Wildman–Crippen LogP) is 4.36. The van der Waals surface area contributed by atoms with Gasteiger partial charge in [-0.2, -0.15) is 0 Å². The maximum Gasteiger partial charge on any atom is 0.262 e. The van der Waals surface area contributed by atoms with E-state index in [0.29, 0.717) is 23.1 Å². The molecule has 0 atom stereocenters. The van der Waals surface area contributed by atoms with Crippen LogP contribution in [0.15, 0.2) is 42.5 Å². The maximum atomic E-state index is 12.2. The number of ether oxygens (including phenoxy) is 1. The molecule has 3 rings (SSSR count). The number of piperazine rings is 1. The molecule has 0 aliphatic carbocycles. The highest BCUT2D eigenvalue weighted by molar-refractivity contribution is 6.31. The third-order valence-corrected chi connectivity index (χ3v) is 5.65. The van der Waals surface area contributed by atoms with Crippen LogP contribution in [0.25, 0.3) is 0 Å². The topological polar surface area (TPSA) is 61.9 Å². The number of aryl methyl sites for hydroxylation is 1. The molecular formula is C24H30ClN3O3. The Morgan fingerprint density at radius 1 is 1.06 bits per heavy atom. The third kappa shape index (κ3) is 6.62. The molecule has 2 aromatic rings. The number of rotatable bonds is 7. The molecule has 31 heavy (non-hydrogen) atoms. The van der Waals surface area contributed by atoms with Crippen LogP contribution in [0, 0.1) is 12.8 Å². The quantitative estimate of drug-likeness (QED) is 0.690. The molecule has 1 heterocycles. The van der Waals surface area contributed by atoms with Gasteiger partial charge in [-0.1, -0.05) is 25.4 Å². The summed E-state index contributed by atoms with van der Waals surface area (Å²) >= 11 is 6.00. The summed E-state index contributed by atoms with van der Waals surface area (Å²) in [4.78, 5) is 28.6. The van der Waals surface area contributed by atoms with E-state index in [0.717, 1.165) is 43.1 Å². The Labute approximate surface area is 189 Å². The molecule has 0 saturated carbocycles. The van der Waals surface area contributed by atoms with Gasteiger partial charge in [0.25, 0.3) is 5.91 Å². The second-order valence-electron chi connectivity index (χ2n) is 8.26. The number of carbonyl (C=O) groups is 2. The Morgan fingerprint density at radius 3 is 2.35 bits per heavy atom. The largest absolute Gasteiger partial charge is 0.484 e. The van der Waals surface area contributed by atoms with Gasteiger partial charge in [0.05, 0.1) is 0 Å². The molecule has 1 saturated heterocycles. The van der Waals surface area contributed by atoms with Crippen LogP contribution in [0.1, 0.15) is 25.8 Å². The molecule has 1 aliphatic heterocycles. The minimum Gasteiger partial charge on any atom is -0.484 e. The van der Waals surface area contributed by atoms with Crippen LogP contribution >= 0.6 is 11.6 Å². The van der Waals surface area contributed by atoms with Crippen molar-refractivity contribution in [3.63, 3.8) is 0 Å². The molecular weight excluding hydrogens is 414 g/mol. The highest BCUT2D eigenvalue weighted by Gasteiger charge is 2.21. The van der Waals surface area contributed by atoms with E-state index in [1.54, 1.807) is 18.2 Å². The number of hydrogen-bond acceptors (Lipinski definition) is 4. The van der Waals surface area contributed by atoms with Gasteiger partial charge in [0, 0.05) is 49.0 Å². The van der Waals surface area contributed by atoms with Crippen LogP contribution in [0.5, 0.6) is 5.75 Å². The molecule has 7 heteroatoms. The summed E-state index contributed by atoms with van der Waals surface area (Å²) in [5.74, 6) is 1.01. The Balaban J connectivity index is 1.46. The van der Waals surface area contributed by atoms with E-state index in [2.05, 4.69) is 24.1 Å². The highest BCUT2D eigenvalue weighted by Crippen LogP contribution is 2.22. The average Bonchev–Trinajstić information content (AvgIpc) is 2.75. The van der Waals surface area contributed by atoms with E-state index in [1.807, 2.05) is 36.1 Å². The molecule has 0 spiro atoms. The van der Waals surface area contributed by atoms with Gasteiger partial charge in [-0.05, 0) is 60.9 Å². The van der Waals surface area contributed by atoms with E-state index in [-0.39, 0.29) is 18.4 Å². The number of halogens is 1. The third-order valence-electron chi connectivity index (χ3n) is 5.23. The van der Waals surface area contributed by atoms with Gasteiger partial charge >= 0.3 is 0 Å². The van der Waals surface area contributed by atoms with Crippen LogP contribution in [-0.2, 0) is 9.59 Å². The van der Waals surface area contributed by atoms with E-state index < -0.39 is 0 Å². The fraction of sp³-hybridized carbons (Fsp3) is 0.417. The zero-order valence-corrected chi connectivity index (χ0v) is 19.1. The molecule has 1 N–H and O–H groups in total. The Hall–Kier alpha value is -2.73. The van der Waals surface area contributed by atoms with Gasteiger partial charge in [-0.15, -0.1) is 0 Å². The standard InChI is InChI=1S/C24H30ClN3O3/c1-17(2)14-24(30)28-12-10-27(11-13-28)20-6-4-19(5-7-20)26-23(29)16-31-21-8-9-22(25)18(3)15-21/h4-9,15,17H,10-14,16H2,1-3H3,(H,26,29). The smallest absolute Gasteiger partial charge is 0.262 e. The molecule has 166 valence electrons. The van der Waals surface area contributed by atoms with E-state index in [9.17, 15) is 9.59 Å². The first-order chi connectivity index (χ1) is 14.8. The van der Waals surface area contributed by atoms with Gasteiger partial charge in [-0.3, -0.25) is 9.59 Å². The van der Waals surface area contributed by atoms with E-state index in [1.165, 1.54) is 0 Å². The Kier molecular flexibility index (Phi) is 7.80. The Bertz CT molecular complexity index is 907. The zero-order valence-electron chi connectivity index (χ0n) is 18.4. The van der Waals surface area contributed by atoms with Crippen molar-refractivity contribution >= 4 is 34.8 Å². The average molecular weight is 444 g/mol. The first-order valence-electron chi connectivity index (χ1n) is 10.6. The lowest BCUT2D eigenvalue weighted by Crippen LogP contribution is -2.49. The van der Waals surface area contributed by atoms with Crippen molar-refractivity contribution in [3.8, 4) is 5.75 Å². The number of nitrogens with zero attached hydrogens (tertiary/aromatic N) is 2. The summed E-state index contributed by atoms with van der Waals surface area (Å²) in [5.41, 5.74) is 2.71. The van der Waals surface area contributed by atoms with Crippen LogP contribution in [0.3, 0.4) is 0 Å². The van der Waals surface area contributed by atoms with Gasteiger partial charge < -0.3 is 19.9 Å². The molecule has 0 unspecified atom stereocenters. The minimum atomic E-state index is -0.224. The number of benzene rings is 2. The van der Waals surface area contributed by atoms with Crippen molar-refractivity contribution in [2.24, 2.45) is 5.92 Å². The van der Waals surface area contributed by atoms with Crippen molar-refractivity contribution in [2.75, 3.05) is 43.0 Å². The van der Waals surface area contributed by atoms with Crippen LogP contribution in [0.4, 0.5) is 11.4 Å². The molecule has 0 radical (unpaired) electrons. The predicted molar refractivity (Wildman–Crippen MR) is 125 cm³/mol. The van der Waals surface area contributed by atoms with Crippen LogP contribution < -0.4 is 15.0 Å². The summed E-state index contributed by atoms with van der Waals surface area (Å²) in [7, 11) is 0. The van der Waals surface area contributed by atoms with Crippen LogP contribution in [-0.4, -0.2) is 49.5 Å². The molecule has 2 amide bonds. The van der Waals surface area contributed by atoms with Crippen molar-refractivity contribution < 1.29 is 14.3 Å². The molecule has 0 aromatic heterocycles. The number of nitrogens with one attached hydrogen (secondary N) is 1. The lowest BCUT2D eigenvalue weighted by atomic mass is 10.1. The van der Waals surface area contributed by atoms with Crippen molar-refractivity contribution in [2.45, 2.75) is 27.2 Å². The number of hydrogen-bond donors (Lipinski definition) is 1. The second kappa shape index (κ2) is 10.5. The molecule has 2 aromatic carbocycles. The first kappa shape index (κ1) is 22.9. The van der Waals surface area contributed by atoms with Gasteiger partial charge in [0.1, 0.15) is 5.75 Å². The van der Waals surface area contributed by atoms with E-state index in [4.69, 9.17) is 16.3 Å². The van der Waals surface area contributed by atoms with Gasteiger partial charge in [-0.25, -0.2) is 0 Å². The van der Waals surface area contributed by atoms with Crippen molar-refractivity contribution in [1.82, 2.24) is 4.90 Å². The summed E-state index contributed by atoms with van der Waals surface area (Å²) in [6.45, 7) is 9.05. The molecule has 0 bridgehead atoms. The van der Waals surface area contributed by atoms with E-state index >= 15 is 0 Å². The fourth-order valence-corrected chi connectivity index (χ4v) is 3.62. The van der Waals surface area contributed by atoms with Gasteiger partial charge in [0.15, 0.2) is 6.61 Å². The summed E-state index contributed by atoms with van der Waals surface area (Å²) in [6.07, 6.45) is 0.607. The number of anilines is 2. The van der Waals surface area contributed by atoms with Gasteiger partial charge in [0.2, 0.25) is 5.91 Å². The molecule has 1 fully saturated rings. The van der Waals surface area contributed by atoms with Crippen molar-refractivity contribution in [1.29, 1.82) is 0 Å². The lowest BCUT2D eigenvalue weighted by Gasteiger charge is -2.36. The summed E-state index contributed by atoms with van der Waals surface area (Å²) < 4.78 is 5.54. The molecule has 6 nitrogen and oxygen atoms in total. The minimum absolute atomic E-state index is 0.0742. The SMILES string of the molecule is Cc1cc(OCC(=O)Nc2ccc(N3CCN(C(=O)CC(C)C)CC3)cc2)ccc1Cl. The summed E-state index contributed by atoms with van der Waals surface area (Å²) in [5, 5.41) is 3.51. The maximum absolute atomic E-state index is 12.2. The number of amides is 2. The van der Waals surface area contributed by atoms with Crippen LogP contribution in [0.2, 0.25) is 5.02 Å². The highest BCUT2D eigenvalue weighted by atomic mass is 35.5.